The standard InChI is InChI=1S/C39H45F3N6O5/c1-5-27-30(41)8-7-23-13-26(52-21(2)53-38(50)46(3)4)14-28(32(23)27)34-33(42)35-29(16-43-34)36(47-17-22-11-24(18-47)31(49)12-22)45-37(44-35)51-20-39-9-6-10-48(39)19-25(40)15-39/h7-8,13-14,16,21-22,24-25,31,49H,5-6,9-12,15,17-20H2,1-4H3/t21?,22-,24-,25-,31-,39+/m1/s1. The number of aromatic nitrogens is 3. The Hall–Kier alpha value is -4.43. The average molecular weight is 735 g/mol. The van der Waals surface area contributed by atoms with Crippen LogP contribution in [-0.2, 0) is 11.2 Å². The Bertz CT molecular complexity index is 2070. The lowest BCUT2D eigenvalue weighted by atomic mass is 9.94. The average Bonchev–Trinajstić information content (AvgIpc) is 3.74. The van der Waals surface area contributed by atoms with Crippen molar-refractivity contribution in [2.75, 3.05) is 51.8 Å². The molecule has 282 valence electrons. The first kappa shape index (κ1) is 35.6. The molecule has 3 aliphatic heterocycles. The van der Waals surface area contributed by atoms with Gasteiger partial charge in [-0.2, -0.15) is 9.97 Å². The van der Waals surface area contributed by atoms with Crippen molar-refractivity contribution in [3.63, 3.8) is 0 Å². The Morgan fingerprint density at radius 3 is 2.75 bits per heavy atom. The third-order valence-corrected chi connectivity index (χ3v) is 11.5. The van der Waals surface area contributed by atoms with E-state index in [0.29, 0.717) is 66.4 Å². The fraction of sp³-hybridized carbons (Fsp3) is 0.538. The molecule has 0 radical (unpaired) electrons. The molecule has 0 spiro atoms. The first-order chi connectivity index (χ1) is 25.4. The topological polar surface area (TPSA) is 113 Å². The van der Waals surface area contributed by atoms with E-state index < -0.39 is 41.8 Å². The number of hydrogen-bond acceptors (Lipinski definition) is 10. The molecule has 3 saturated heterocycles. The van der Waals surface area contributed by atoms with Crippen molar-refractivity contribution in [2.24, 2.45) is 11.8 Å². The lowest BCUT2D eigenvalue weighted by Gasteiger charge is -2.34. The molecule has 14 heteroatoms. The Balaban J connectivity index is 1.25. The molecule has 4 aliphatic rings. The molecule has 53 heavy (non-hydrogen) atoms. The number of ether oxygens (including phenoxy) is 3. The predicted octanol–water partition coefficient (Wildman–Crippen LogP) is 6.27. The molecule has 4 fully saturated rings. The van der Waals surface area contributed by atoms with Gasteiger partial charge in [0.25, 0.3) is 0 Å². The number of carbonyl (C=O) groups excluding carboxylic acids is 1. The number of aryl methyl sites for hydroxylation is 1. The molecule has 4 aromatic rings. The summed E-state index contributed by atoms with van der Waals surface area (Å²) in [5, 5.41) is 12.1. The third kappa shape index (κ3) is 6.47. The van der Waals surface area contributed by atoms with Gasteiger partial charge in [0.15, 0.2) is 5.82 Å². The maximum absolute atomic E-state index is 17.3. The van der Waals surface area contributed by atoms with Crippen molar-refractivity contribution in [2.45, 2.75) is 76.5 Å². The summed E-state index contributed by atoms with van der Waals surface area (Å²) in [5.41, 5.74) is 0.0993. The molecule has 1 saturated carbocycles. The van der Waals surface area contributed by atoms with Crippen molar-refractivity contribution in [3.05, 3.63) is 47.7 Å². The van der Waals surface area contributed by atoms with Gasteiger partial charge in [-0.05, 0) is 79.1 Å². The summed E-state index contributed by atoms with van der Waals surface area (Å²) in [4.78, 5) is 31.8. The van der Waals surface area contributed by atoms with Gasteiger partial charge in [-0.25, -0.2) is 18.0 Å². The zero-order valence-corrected chi connectivity index (χ0v) is 30.4. The number of pyridine rings is 1. The maximum Gasteiger partial charge on any atom is 0.412 e. The molecule has 11 nitrogen and oxygen atoms in total. The smallest absolute Gasteiger partial charge is 0.412 e. The maximum atomic E-state index is 17.3. The van der Waals surface area contributed by atoms with Crippen molar-refractivity contribution >= 4 is 33.6 Å². The molecule has 1 aliphatic carbocycles. The van der Waals surface area contributed by atoms with Gasteiger partial charge in [0.2, 0.25) is 6.29 Å². The van der Waals surface area contributed by atoms with Crippen LogP contribution < -0.4 is 14.4 Å². The van der Waals surface area contributed by atoms with Crippen molar-refractivity contribution in [1.82, 2.24) is 24.8 Å². The minimum absolute atomic E-state index is 0.0220. The third-order valence-electron chi connectivity index (χ3n) is 11.5. The Labute approximate surface area is 306 Å². The zero-order valence-electron chi connectivity index (χ0n) is 30.4. The van der Waals surface area contributed by atoms with Crippen molar-refractivity contribution in [3.8, 4) is 23.0 Å². The van der Waals surface area contributed by atoms with E-state index in [1.54, 1.807) is 39.2 Å². The summed E-state index contributed by atoms with van der Waals surface area (Å²) in [5.74, 6) is -0.146. The zero-order chi connectivity index (χ0) is 37.2. The van der Waals surface area contributed by atoms with Gasteiger partial charge in [0, 0.05) is 64.8 Å². The van der Waals surface area contributed by atoms with Crippen LogP contribution in [0.15, 0.2) is 30.5 Å². The number of benzene rings is 2. The van der Waals surface area contributed by atoms with E-state index in [1.165, 1.54) is 17.2 Å². The van der Waals surface area contributed by atoms with E-state index in [1.807, 2.05) is 6.92 Å². The number of halogens is 3. The highest BCUT2D eigenvalue weighted by Gasteiger charge is 2.49. The van der Waals surface area contributed by atoms with Crippen LogP contribution in [0.2, 0.25) is 0 Å². The van der Waals surface area contributed by atoms with E-state index in [-0.39, 0.29) is 47.0 Å². The minimum atomic E-state index is -0.994. The number of aliphatic hydroxyl groups excluding tert-OH is 1. The monoisotopic (exact) mass is 734 g/mol. The van der Waals surface area contributed by atoms with Crippen LogP contribution in [0.25, 0.3) is 32.9 Å². The molecular weight excluding hydrogens is 689 g/mol. The SMILES string of the molecule is CCc1c(F)ccc2cc(OC(C)OC(=O)N(C)C)cc(-c3ncc4c(N5C[C@@H]6C[C@H](C5)[C@H](O)C6)nc(OC[C@@]56CCCN5C[C@H](F)C6)nc4c3F)c12. The lowest BCUT2D eigenvalue weighted by molar-refractivity contribution is -0.0286. The van der Waals surface area contributed by atoms with Gasteiger partial charge in [0.05, 0.1) is 17.0 Å². The summed E-state index contributed by atoms with van der Waals surface area (Å²) in [6.07, 6.45) is 2.62. The second-order valence-corrected chi connectivity index (χ2v) is 15.4. The number of aliphatic hydroxyl groups is 1. The highest BCUT2D eigenvalue weighted by molar-refractivity contribution is 6.02. The number of hydrogen-bond donors (Lipinski definition) is 1. The molecule has 1 amide bonds. The van der Waals surface area contributed by atoms with Gasteiger partial charge in [-0.15, -0.1) is 0 Å². The first-order valence-corrected chi connectivity index (χ1v) is 18.5. The van der Waals surface area contributed by atoms with E-state index in [2.05, 4.69) is 19.8 Å². The van der Waals surface area contributed by atoms with Crippen LogP contribution >= 0.6 is 0 Å². The second kappa shape index (κ2) is 13.8. The van der Waals surface area contributed by atoms with Crippen LogP contribution in [0, 0.1) is 23.5 Å². The van der Waals surface area contributed by atoms with Gasteiger partial charge in [0.1, 0.15) is 41.4 Å². The van der Waals surface area contributed by atoms with Crippen LogP contribution in [-0.4, -0.2) is 107 Å². The molecular formula is C39H45F3N6O5. The largest absolute Gasteiger partial charge is 0.461 e. The van der Waals surface area contributed by atoms with Crippen LogP contribution in [0.5, 0.6) is 11.8 Å². The van der Waals surface area contributed by atoms with Crippen LogP contribution in [0.1, 0.15) is 51.5 Å². The normalized spacial score (nSPS) is 25.9. The molecule has 1 unspecified atom stereocenters. The summed E-state index contributed by atoms with van der Waals surface area (Å²) in [7, 11) is 3.11. The minimum Gasteiger partial charge on any atom is -0.461 e. The van der Waals surface area contributed by atoms with E-state index >= 15 is 8.78 Å². The quantitative estimate of drug-likeness (QED) is 0.198. The molecule has 2 aromatic heterocycles. The molecule has 5 heterocycles. The molecule has 1 N–H and O–H groups in total. The molecule has 8 rings (SSSR count). The van der Waals surface area contributed by atoms with Gasteiger partial charge >= 0.3 is 12.1 Å². The van der Waals surface area contributed by atoms with Gasteiger partial charge < -0.3 is 29.1 Å². The fourth-order valence-electron chi connectivity index (χ4n) is 9.12. The summed E-state index contributed by atoms with van der Waals surface area (Å²) >= 11 is 0. The van der Waals surface area contributed by atoms with E-state index in [9.17, 15) is 14.3 Å². The molecule has 6 atom stereocenters. The molecule has 2 bridgehead atoms. The molecule has 2 aromatic carbocycles. The van der Waals surface area contributed by atoms with Crippen molar-refractivity contribution < 1.29 is 37.3 Å². The Kier molecular flexibility index (Phi) is 9.24. The van der Waals surface area contributed by atoms with Crippen LogP contribution in [0.3, 0.4) is 0 Å². The highest BCUT2D eigenvalue weighted by Crippen LogP contribution is 2.44. The van der Waals surface area contributed by atoms with E-state index in [0.717, 1.165) is 25.8 Å². The Morgan fingerprint density at radius 1 is 1.15 bits per heavy atom. The number of carbonyl (C=O) groups is 1. The van der Waals surface area contributed by atoms with Crippen molar-refractivity contribution in [1.29, 1.82) is 0 Å². The number of alkyl halides is 1. The van der Waals surface area contributed by atoms with Crippen LogP contribution in [0.4, 0.5) is 23.8 Å². The summed E-state index contributed by atoms with van der Waals surface area (Å²) in [6, 6.07) is 6.20. The fourth-order valence-corrected chi connectivity index (χ4v) is 9.12. The van der Waals surface area contributed by atoms with Gasteiger partial charge in [-0.3, -0.25) is 9.88 Å². The number of amides is 1. The van der Waals surface area contributed by atoms with E-state index in [4.69, 9.17) is 19.2 Å². The lowest BCUT2D eigenvalue weighted by Crippen LogP contribution is -2.43. The van der Waals surface area contributed by atoms with Gasteiger partial charge in [-0.1, -0.05) is 13.0 Å². The predicted molar refractivity (Wildman–Crippen MR) is 193 cm³/mol. The number of anilines is 1. The first-order valence-electron chi connectivity index (χ1n) is 18.5. The number of nitrogens with zero attached hydrogens (tertiary/aromatic N) is 6. The number of piperidine rings is 1. The summed E-state index contributed by atoms with van der Waals surface area (Å²) < 4.78 is 64.9. The number of fused-ring (bicyclic) bond motifs is 5. The second-order valence-electron chi connectivity index (χ2n) is 15.4. The highest BCUT2D eigenvalue weighted by atomic mass is 19.1. The summed E-state index contributed by atoms with van der Waals surface area (Å²) in [6.45, 7) is 5.88. The number of rotatable bonds is 9. The Morgan fingerprint density at radius 2 is 1.98 bits per heavy atom.